The van der Waals surface area contributed by atoms with Crippen molar-refractivity contribution in [3.8, 4) is 0 Å². The lowest BCUT2D eigenvalue weighted by Gasteiger charge is -2.24. The van der Waals surface area contributed by atoms with E-state index in [4.69, 9.17) is 5.11 Å². The highest BCUT2D eigenvalue weighted by Crippen LogP contribution is 2.23. The second kappa shape index (κ2) is 5.82. The molecule has 0 saturated heterocycles. The fraction of sp³-hybridized carbons (Fsp3) is 0.462. The van der Waals surface area contributed by atoms with Gasteiger partial charge in [-0.25, -0.2) is 4.39 Å². The van der Waals surface area contributed by atoms with Crippen LogP contribution in [-0.4, -0.2) is 44.2 Å². The van der Waals surface area contributed by atoms with Crippen molar-refractivity contribution in [1.82, 2.24) is 5.32 Å². The number of aliphatic hydroxyl groups excluding tert-OH is 1. The summed E-state index contributed by atoms with van der Waals surface area (Å²) in [6.07, 6.45) is 0.972. The van der Waals surface area contributed by atoms with E-state index < -0.39 is 0 Å². The van der Waals surface area contributed by atoms with Gasteiger partial charge in [-0.1, -0.05) is 6.07 Å². The van der Waals surface area contributed by atoms with Crippen molar-refractivity contribution in [3.05, 3.63) is 29.6 Å². The van der Waals surface area contributed by atoms with Crippen molar-refractivity contribution in [2.24, 2.45) is 4.99 Å². The van der Waals surface area contributed by atoms with Crippen LogP contribution in [0.4, 0.5) is 10.1 Å². The van der Waals surface area contributed by atoms with Gasteiger partial charge in [0.15, 0.2) is 0 Å². The van der Waals surface area contributed by atoms with E-state index in [1.807, 2.05) is 18.0 Å². The standard InChI is InChI=1S/C13H18FN3O/c1-17(8-9-18)11-5-2-4-10(14)12(11)13-15-6-3-7-16-13/h2,4-5,18H,3,6-9H2,1H3,(H,15,16). The van der Waals surface area contributed by atoms with Gasteiger partial charge in [0.1, 0.15) is 11.7 Å². The second-order valence-corrected chi connectivity index (χ2v) is 4.29. The Balaban J connectivity index is 2.40. The molecular weight excluding hydrogens is 233 g/mol. The Kier molecular flexibility index (Phi) is 4.15. The summed E-state index contributed by atoms with van der Waals surface area (Å²) in [5.41, 5.74) is 1.24. The van der Waals surface area contributed by atoms with E-state index in [1.165, 1.54) is 6.07 Å². The predicted molar refractivity (Wildman–Crippen MR) is 70.8 cm³/mol. The first-order valence-corrected chi connectivity index (χ1v) is 6.13. The Morgan fingerprint density at radius 3 is 3.00 bits per heavy atom. The van der Waals surface area contributed by atoms with Gasteiger partial charge < -0.3 is 15.3 Å². The number of nitrogens with zero attached hydrogens (tertiary/aromatic N) is 2. The quantitative estimate of drug-likeness (QED) is 0.839. The van der Waals surface area contributed by atoms with E-state index in [0.717, 1.165) is 25.2 Å². The van der Waals surface area contributed by atoms with E-state index in [0.29, 0.717) is 17.9 Å². The lowest BCUT2D eigenvalue weighted by atomic mass is 10.1. The molecule has 0 unspecified atom stereocenters. The van der Waals surface area contributed by atoms with Gasteiger partial charge in [0.2, 0.25) is 0 Å². The monoisotopic (exact) mass is 251 g/mol. The molecule has 1 aliphatic rings. The summed E-state index contributed by atoms with van der Waals surface area (Å²) in [5.74, 6) is 0.324. The third kappa shape index (κ3) is 2.61. The summed E-state index contributed by atoms with van der Waals surface area (Å²) >= 11 is 0. The smallest absolute Gasteiger partial charge is 0.136 e. The van der Waals surface area contributed by atoms with Gasteiger partial charge in [-0.15, -0.1) is 0 Å². The molecule has 2 rings (SSSR count). The van der Waals surface area contributed by atoms with Gasteiger partial charge in [-0.05, 0) is 18.6 Å². The van der Waals surface area contributed by atoms with Crippen LogP contribution in [0.25, 0.3) is 0 Å². The summed E-state index contributed by atoms with van der Waals surface area (Å²) in [4.78, 5) is 6.17. The molecule has 0 radical (unpaired) electrons. The van der Waals surface area contributed by atoms with Gasteiger partial charge in [0, 0.05) is 26.7 Å². The molecule has 5 heteroatoms. The Morgan fingerprint density at radius 2 is 2.33 bits per heavy atom. The maximum atomic E-state index is 14.0. The average molecular weight is 251 g/mol. The number of aliphatic imine (C=N–C) groups is 1. The number of benzene rings is 1. The molecule has 4 nitrogen and oxygen atoms in total. The first-order chi connectivity index (χ1) is 8.74. The molecule has 1 heterocycles. The minimum atomic E-state index is -0.287. The lowest BCUT2D eigenvalue weighted by molar-refractivity contribution is 0.304. The molecule has 0 bridgehead atoms. The van der Waals surface area contributed by atoms with Crippen LogP contribution in [0.3, 0.4) is 0 Å². The Bertz CT molecular complexity index is 448. The molecule has 1 aliphatic heterocycles. The third-order valence-corrected chi connectivity index (χ3v) is 2.97. The highest BCUT2D eigenvalue weighted by Gasteiger charge is 2.18. The van der Waals surface area contributed by atoms with Gasteiger partial charge in [0.25, 0.3) is 0 Å². The molecule has 1 aromatic rings. The van der Waals surface area contributed by atoms with Crippen LogP contribution in [0.2, 0.25) is 0 Å². The molecule has 2 N–H and O–H groups in total. The van der Waals surface area contributed by atoms with Gasteiger partial charge in [0.05, 0.1) is 17.9 Å². The number of hydrogen-bond donors (Lipinski definition) is 2. The molecule has 0 atom stereocenters. The van der Waals surface area contributed by atoms with Crippen LogP contribution in [0.1, 0.15) is 12.0 Å². The van der Waals surface area contributed by atoms with Crippen LogP contribution in [-0.2, 0) is 0 Å². The predicted octanol–water partition coefficient (Wildman–Crippen LogP) is 0.994. The molecule has 1 aromatic carbocycles. The van der Waals surface area contributed by atoms with Crippen molar-refractivity contribution < 1.29 is 9.50 Å². The van der Waals surface area contributed by atoms with Crippen LogP contribution in [0, 0.1) is 5.82 Å². The molecule has 0 spiro atoms. The van der Waals surface area contributed by atoms with E-state index >= 15 is 0 Å². The number of nitrogens with one attached hydrogen (secondary N) is 1. The first-order valence-electron chi connectivity index (χ1n) is 6.13. The lowest BCUT2D eigenvalue weighted by Crippen LogP contribution is -2.33. The number of rotatable bonds is 4. The van der Waals surface area contributed by atoms with Gasteiger partial charge >= 0.3 is 0 Å². The van der Waals surface area contributed by atoms with Crippen LogP contribution >= 0.6 is 0 Å². The van der Waals surface area contributed by atoms with Crippen molar-refractivity contribution in [1.29, 1.82) is 0 Å². The SMILES string of the molecule is CN(CCO)c1cccc(F)c1C1=NCCCN1. The highest BCUT2D eigenvalue weighted by molar-refractivity contribution is 6.04. The van der Waals surface area contributed by atoms with Gasteiger partial charge in [-0.2, -0.15) is 0 Å². The number of likely N-dealkylation sites (N-methyl/N-ethyl adjacent to an activating group) is 1. The summed E-state index contributed by atoms with van der Waals surface area (Å²) in [5, 5.41) is 12.1. The maximum absolute atomic E-state index is 14.0. The van der Waals surface area contributed by atoms with Crippen molar-refractivity contribution in [2.75, 3.05) is 38.2 Å². The molecule has 0 fully saturated rings. The topological polar surface area (TPSA) is 47.9 Å². The fourth-order valence-electron chi connectivity index (χ4n) is 2.04. The summed E-state index contributed by atoms with van der Waals surface area (Å²) in [6, 6.07) is 4.95. The zero-order valence-corrected chi connectivity index (χ0v) is 10.5. The maximum Gasteiger partial charge on any atom is 0.136 e. The summed E-state index contributed by atoms with van der Waals surface area (Å²) in [6.45, 7) is 2.03. The summed E-state index contributed by atoms with van der Waals surface area (Å²) < 4.78 is 14.0. The van der Waals surface area contributed by atoms with Crippen molar-refractivity contribution in [3.63, 3.8) is 0 Å². The largest absolute Gasteiger partial charge is 0.395 e. The number of hydrogen-bond acceptors (Lipinski definition) is 4. The van der Waals surface area contributed by atoms with Crippen LogP contribution < -0.4 is 10.2 Å². The number of aliphatic hydroxyl groups is 1. The highest BCUT2D eigenvalue weighted by atomic mass is 19.1. The van der Waals surface area contributed by atoms with E-state index in [1.54, 1.807) is 6.07 Å². The first kappa shape index (κ1) is 12.8. The molecule has 18 heavy (non-hydrogen) atoms. The Morgan fingerprint density at radius 1 is 1.50 bits per heavy atom. The Hall–Kier alpha value is -1.62. The van der Waals surface area contributed by atoms with Gasteiger partial charge in [-0.3, -0.25) is 4.99 Å². The molecule has 0 aliphatic carbocycles. The number of anilines is 1. The molecule has 0 amide bonds. The van der Waals surface area contributed by atoms with E-state index in [9.17, 15) is 4.39 Å². The third-order valence-electron chi connectivity index (χ3n) is 2.97. The number of amidine groups is 1. The molecule has 98 valence electrons. The normalized spacial score (nSPS) is 14.9. The van der Waals surface area contributed by atoms with Crippen LogP contribution in [0.5, 0.6) is 0 Å². The molecular formula is C13H18FN3O. The number of halogens is 1. The van der Waals surface area contributed by atoms with E-state index in [-0.39, 0.29) is 12.4 Å². The minimum Gasteiger partial charge on any atom is -0.395 e. The fourth-order valence-corrected chi connectivity index (χ4v) is 2.04. The zero-order valence-electron chi connectivity index (χ0n) is 10.5. The average Bonchev–Trinajstić information content (AvgIpc) is 2.39. The van der Waals surface area contributed by atoms with Crippen molar-refractivity contribution in [2.45, 2.75) is 6.42 Å². The Labute approximate surface area is 106 Å². The minimum absolute atomic E-state index is 0.0341. The summed E-state index contributed by atoms with van der Waals surface area (Å²) in [7, 11) is 1.83. The van der Waals surface area contributed by atoms with E-state index in [2.05, 4.69) is 10.3 Å². The molecule has 0 saturated carbocycles. The second-order valence-electron chi connectivity index (χ2n) is 4.29. The molecule has 0 aromatic heterocycles. The zero-order chi connectivity index (χ0) is 13.0. The van der Waals surface area contributed by atoms with Crippen LogP contribution in [0.15, 0.2) is 23.2 Å². The van der Waals surface area contributed by atoms with Crippen molar-refractivity contribution >= 4 is 11.5 Å².